The van der Waals surface area contributed by atoms with Gasteiger partial charge in [0, 0.05) is 5.69 Å². The van der Waals surface area contributed by atoms with E-state index in [1.807, 2.05) is 0 Å². The molecule has 82 valence electrons. The molecule has 0 spiro atoms. The second kappa shape index (κ2) is 4.09. The van der Waals surface area contributed by atoms with E-state index in [1.165, 1.54) is 12.3 Å². The normalized spacial score (nSPS) is 10.3. The van der Waals surface area contributed by atoms with Crippen LogP contribution in [0, 0.1) is 5.82 Å². The fourth-order valence-electron chi connectivity index (χ4n) is 1.20. The van der Waals surface area contributed by atoms with E-state index in [4.69, 9.17) is 11.5 Å². The Morgan fingerprint density at radius 1 is 1.12 bits per heavy atom. The predicted octanol–water partition coefficient (Wildman–Crippen LogP) is 0.766. The average molecular weight is 219 g/mol. The van der Waals surface area contributed by atoms with Crippen molar-refractivity contribution in [2.75, 3.05) is 11.5 Å². The minimum atomic E-state index is -0.374. The molecule has 0 radical (unpaired) electrons. The van der Waals surface area contributed by atoms with Crippen molar-refractivity contribution in [1.29, 1.82) is 0 Å². The Balaban J connectivity index is 2.20. The number of anilines is 2. The van der Waals surface area contributed by atoms with E-state index < -0.39 is 0 Å². The molecule has 2 aromatic rings. The molecule has 0 unspecified atom stereocenters. The van der Waals surface area contributed by atoms with E-state index >= 15 is 0 Å². The summed E-state index contributed by atoms with van der Waals surface area (Å²) >= 11 is 0. The van der Waals surface area contributed by atoms with Gasteiger partial charge in [0.25, 0.3) is 0 Å². The molecule has 0 aliphatic rings. The van der Waals surface area contributed by atoms with Crippen molar-refractivity contribution < 1.29 is 4.39 Å². The molecule has 2 rings (SSSR count). The smallest absolute Gasteiger partial charge is 0.150 e. The Morgan fingerprint density at radius 3 is 2.56 bits per heavy atom. The molecule has 0 fully saturated rings. The van der Waals surface area contributed by atoms with Crippen LogP contribution in [0.25, 0.3) is 0 Å². The summed E-state index contributed by atoms with van der Waals surface area (Å²) < 4.78 is 12.6. The van der Waals surface area contributed by atoms with Gasteiger partial charge in [0.15, 0.2) is 0 Å². The lowest BCUT2D eigenvalue weighted by Gasteiger charge is -2.02. The zero-order valence-electron chi connectivity index (χ0n) is 8.39. The summed E-state index contributed by atoms with van der Waals surface area (Å²) in [6, 6.07) is 2.91. The molecule has 0 atom stereocenters. The fourth-order valence-corrected chi connectivity index (χ4v) is 1.20. The Hall–Kier alpha value is -2.24. The van der Waals surface area contributed by atoms with Crippen LogP contribution < -0.4 is 11.5 Å². The number of pyridine rings is 1. The first kappa shape index (κ1) is 10.3. The summed E-state index contributed by atoms with van der Waals surface area (Å²) in [5, 5.41) is 0. The lowest BCUT2D eigenvalue weighted by atomic mass is 10.2. The lowest BCUT2D eigenvalue weighted by molar-refractivity contribution is 0.619. The van der Waals surface area contributed by atoms with Crippen LogP contribution in [0.3, 0.4) is 0 Å². The van der Waals surface area contributed by atoms with Crippen molar-refractivity contribution in [3.8, 4) is 0 Å². The van der Waals surface area contributed by atoms with Crippen molar-refractivity contribution >= 4 is 11.5 Å². The van der Waals surface area contributed by atoms with E-state index in [1.54, 1.807) is 6.07 Å². The van der Waals surface area contributed by atoms with Gasteiger partial charge in [-0.25, -0.2) is 14.4 Å². The summed E-state index contributed by atoms with van der Waals surface area (Å²) in [6.45, 7) is 0. The molecule has 0 saturated heterocycles. The molecule has 5 nitrogen and oxygen atoms in total. The largest absolute Gasteiger partial charge is 0.394 e. The van der Waals surface area contributed by atoms with Crippen molar-refractivity contribution in [1.82, 2.24) is 15.0 Å². The maximum atomic E-state index is 12.6. The van der Waals surface area contributed by atoms with Gasteiger partial charge in [0.2, 0.25) is 0 Å². The standard InChI is InChI=1S/C10H10FN5/c11-6-1-2-7(14-4-6)3-9-15-5-8(12)10(13)16-9/h1-2,4-5H,3,12H2,(H2,13,15,16). The fraction of sp³-hybridized carbons (Fsp3) is 0.100. The summed E-state index contributed by atoms with van der Waals surface area (Å²) in [5.74, 6) is 0.374. The van der Waals surface area contributed by atoms with Crippen LogP contribution >= 0.6 is 0 Å². The number of nitrogen functional groups attached to an aromatic ring is 2. The molecule has 0 saturated carbocycles. The Labute approximate surface area is 91.4 Å². The first-order chi connectivity index (χ1) is 7.65. The van der Waals surface area contributed by atoms with Gasteiger partial charge >= 0.3 is 0 Å². The molecule has 0 aromatic carbocycles. The third-order valence-electron chi connectivity index (χ3n) is 2.03. The number of hydrogen-bond acceptors (Lipinski definition) is 5. The van der Waals surface area contributed by atoms with E-state index in [0.717, 1.165) is 6.20 Å². The molecule has 2 heterocycles. The predicted molar refractivity (Wildman–Crippen MR) is 57.9 cm³/mol. The molecular formula is C10H10FN5. The van der Waals surface area contributed by atoms with Crippen LogP contribution in [0.1, 0.15) is 11.5 Å². The van der Waals surface area contributed by atoms with E-state index in [0.29, 0.717) is 23.6 Å². The van der Waals surface area contributed by atoms with Gasteiger partial charge in [0.1, 0.15) is 17.5 Å². The minimum Gasteiger partial charge on any atom is -0.394 e. The quantitative estimate of drug-likeness (QED) is 0.778. The molecule has 0 aliphatic carbocycles. The molecular weight excluding hydrogens is 209 g/mol. The summed E-state index contributed by atoms with van der Waals surface area (Å²) in [7, 11) is 0. The molecule has 0 bridgehead atoms. The summed E-state index contributed by atoms with van der Waals surface area (Å²) in [4.78, 5) is 11.9. The van der Waals surface area contributed by atoms with Gasteiger partial charge in [-0.3, -0.25) is 4.98 Å². The van der Waals surface area contributed by atoms with Gasteiger partial charge in [0.05, 0.1) is 24.5 Å². The van der Waals surface area contributed by atoms with Crippen LogP contribution in [-0.4, -0.2) is 15.0 Å². The lowest BCUT2D eigenvalue weighted by Crippen LogP contribution is -2.04. The summed E-state index contributed by atoms with van der Waals surface area (Å²) in [5.41, 5.74) is 12.0. The first-order valence-electron chi connectivity index (χ1n) is 4.62. The van der Waals surface area contributed by atoms with E-state index in [2.05, 4.69) is 15.0 Å². The molecule has 6 heteroatoms. The van der Waals surface area contributed by atoms with Crippen LogP contribution in [0.4, 0.5) is 15.9 Å². The monoisotopic (exact) mass is 219 g/mol. The van der Waals surface area contributed by atoms with Crippen molar-refractivity contribution in [3.05, 3.63) is 41.9 Å². The zero-order chi connectivity index (χ0) is 11.5. The maximum absolute atomic E-state index is 12.6. The maximum Gasteiger partial charge on any atom is 0.150 e. The van der Waals surface area contributed by atoms with Crippen molar-refractivity contribution in [3.63, 3.8) is 0 Å². The number of nitrogens with two attached hydrogens (primary N) is 2. The molecule has 0 amide bonds. The van der Waals surface area contributed by atoms with Crippen LogP contribution in [0.5, 0.6) is 0 Å². The Bertz CT molecular complexity index is 497. The number of rotatable bonds is 2. The number of hydrogen-bond donors (Lipinski definition) is 2. The molecule has 2 aromatic heterocycles. The van der Waals surface area contributed by atoms with Gasteiger partial charge in [-0.05, 0) is 12.1 Å². The highest BCUT2D eigenvalue weighted by Gasteiger charge is 2.03. The highest BCUT2D eigenvalue weighted by Crippen LogP contribution is 2.10. The highest BCUT2D eigenvalue weighted by atomic mass is 19.1. The van der Waals surface area contributed by atoms with Gasteiger partial charge in [-0.1, -0.05) is 0 Å². The van der Waals surface area contributed by atoms with Crippen molar-refractivity contribution in [2.45, 2.75) is 6.42 Å². The van der Waals surface area contributed by atoms with Gasteiger partial charge in [-0.2, -0.15) is 0 Å². The summed E-state index contributed by atoms with van der Waals surface area (Å²) in [6.07, 6.45) is 2.99. The van der Waals surface area contributed by atoms with Gasteiger partial charge < -0.3 is 11.5 Å². The third kappa shape index (κ3) is 2.22. The molecule has 16 heavy (non-hydrogen) atoms. The minimum absolute atomic E-state index is 0.243. The number of halogens is 1. The van der Waals surface area contributed by atoms with E-state index in [-0.39, 0.29) is 11.6 Å². The Kier molecular flexibility index (Phi) is 2.63. The Morgan fingerprint density at radius 2 is 1.94 bits per heavy atom. The second-order valence-electron chi connectivity index (χ2n) is 3.27. The van der Waals surface area contributed by atoms with E-state index in [9.17, 15) is 4.39 Å². The zero-order valence-corrected chi connectivity index (χ0v) is 8.39. The highest BCUT2D eigenvalue weighted by molar-refractivity contribution is 5.55. The first-order valence-corrected chi connectivity index (χ1v) is 4.62. The van der Waals surface area contributed by atoms with Crippen molar-refractivity contribution in [2.24, 2.45) is 0 Å². The third-order valence-corrected chi connectivity index (χ3v) is 2.03. The molecule has 4 N–H and O–H groups in total. The van der Waals surface area contributed by atoms with Crippen LogP contribution in [0.2, 0.25) is 0 Å². The van der Waals surface area contributed by atoms with Crippen LogP contribution in [-0.2, 0) is 6.42 Å². The topological polar surface area (TPSA) is 90.7 Å². The van der Waals surface area contributed by atoms with Gasteiger partial charge in [-0.15, -0.1) is 0 Å². The number of nitrogens with zero attached hydrogens (tertiary/aromatic N) is 3. The second-order valence-corrected chi connectivity index (χ2v) is 3.27. The number of aromatic nitrogens is 3. The molecule has 0 aliphatic heterocycles. The SMILES string of the molecule is Nc1cnc(Cc2ccc(F)cn2)nc1N. The average Bonchev–Trinajstić information content (AvgIpc) is 2.27. The van der Waals surface area contributed by atoms with Crippen LogP contribution in [0.15, 0.2) is 24.5 Å².